The van der Waals surface area contributed by atoms with E-state index in [2.05, 4.69) is 29.3 Å². The summed E-state index contributed by atoms with van der Waals surface area (Å²) in [7, 11) is 0. The zero-order chi connectivity index (χ0) is 21.8. The van der Waals surface area contributed by atoms with Crippen LogP contribution < -0.4 is 5.32 Å². The van der Waals surface area contributed by atoms with Crippen LogP contribution in [0.3, 0.4) is 0 Å². The average molecular weight is 436 g/mol. The molecular formula is C23H20N2O5S. The van der Waals surface area contributed by atoms with E-state index in [1.54, 1.807) is 0 Å². The maximum atomic E-state index is 12.1. The molecule has 0 spiro atoms. The Kier molecular flexibility index (Phi) is 6.14. The van der Waals surface area contributed by atoms with Crippen molar-refractivity contribution in [2.45, 2.75) is 12.0 Å². The number of ether oxygens (including phenoxy) is 1. The van der Waals surface area contributed by atoms with Gasteiger partial charge in [-0.1, -0.05) is 54.5 Å². The lowest BCUT2D eigenvalue weighted by Crippen LogP contribution is -2.41. The number of carbonyl (C=O) groups excluding carboxylic acids is 2. The third kappa shape index (κ3) is 4.37. The van der Waals surface area contributed by atoms with Crippen LogP contribution in [-0.4, -0.2) is 58.8 Å². The fourth-order valence-electron chi connectivity index (χ4n) is 3.80. The highest BCUT2D eigenvalue weighted by molar-refractivity contribution is 7.99. The van der Waals surface area contributed by atoms with Gasteiger partial charge in [-0.05, 0) is 28.2 Å². The fourth-order valence-corrected chi connectivity index (χ4v) is 4.95. The van der Waals surface area contributed by atoms with Gasteiger partial charge in [0.25, 0.3) is 5.91 Å². The fraction of sp³-hybridized carbons (Fsp3) is 0.261. The van der Waals surface area contributed by atoms with Gasteiger partial charge in [0.15, 0.2) is 0 Å². The summed E-state index contributed by atoms with van der Waals surface area (Å²) in [5.41, 5.74) is 4.55. The number of nitrogens with zero attached hydrogens (tertiary/aromatic N) is 1. The molecule has 2 N–H and O–H groups in total. The highest BCUT2D eigenvalue weighted by Gasteiger charge is 2.34. The third-order valence-corrected chi connectivity index (χ3v) is 6.30. The van der Waals surface area contributed by atoms with Gasteiger partial charge in [-0.15, -0.1) is 11.8 Å². The van der Waals surface area contributed by atoms with Crippen molar-refractivity contribution in [2.24, 2.45) is 0 Å². The molecule has 2 aromatic rings. The highest BCUT2D eigenvalue weighted by atomic mass is 32.2. The number of carboxylic acid groups (broad SMARTS) is 1. The summed E-state index contributed by atoms with van der Waals surface area (Å²) in [4.78, 5) is 36.5. The van der Waals surface area contributed by atoms with Crippen LogP contribution in [0.1, 0.15) is 17.0 Å². The standard InChI is InChI=1S/C23H20N2O5S/c26-21(25-14-31-13-20(25)22(27)28)10-5-11-24-23(29)30-12-19-17-8-3-1-6-15(17)16-7-2-4-9-18(16)19/h1-4,6-9,19-20H,11-14H2,(H,24,29)(H,27,28). The van der Waals surface area contributed by atoms with E-state index in [0.717, 1.165) is 22.3 Å². The van der Waals surface area contributed by atoms with Gasteiger partial charge in [0.2, 0.25) is 0 Å². The molecule has 1 heterocycles. The molecule has 1 unspecified atom stereocenters. The lowest BCUT2D eigenvalue weighted by molar-refractivity contribution is -0.145. The molecule has 1 fully saturated rings. The second kappa shape index (κ2) is 9.14. The number of nitrogens with one attached hydrogen (secondary N) is 1. The van der Waals surface area contributed by atoms with Crippen LogP contribution in [-0.2, 0) is 14.3 Å². The number of aliphatic carboxylic acids is 1. The van der Waals surface area contributed by atoms with Crippen LogP contribution in [0.15, 0.2) is 48.5 Å². The third-order valence-electron chi connectivity index (χ3n) is 5.29. The Labute approximate surface area is 183 Å². The molecule has 0 radical (unpaired) electrons. The summed E-state index contributed by atoms with van der Waals surface area (Å²) in [5, 5.41) is 11.6. The van der Waals surface area contributed by atoms with Gasteiger partial charge in [0.1, 0.15) is 12.6 Å². The molecule has 1 aliphatic carbocycles. The molecule has 158 valence electrons. The first-order valence-corrected chi connectivity index (χ1v) is 10.9. The molecule has 1 saturated heterocycles. The summed E-state index contributed by atoms with van der Waals surface area (Å²) in [6, 6.07) is 15.3. The monoisotopic (exact) mass is 436 g/mol. The second-order valence-corrected chi connectivity index (χ2v) is 8.11. The van der Waals surface area contributed by atoms with Crippen molar-refractivity contribution >= 4 is 29.7 Å². The summed E-state index contributed by atoms with van der Waals surface area (Å²) in [5.74, 6) is 3.93. The van der Waals surface area contributed by atoms with E-state index >= 15 is 0 Å². The van der Waals surface area contributed by atoms with Crippen LogP contribution in [0.4, 0.5) is 4.79 Å². The second-order valence-electron chi connectivity index (χ2n) is 7.11. The molecule has 2 aliphatic rings. The maximum absolute atomic E-state index is 12.1. The van der Waals surface area contributed by atoms with Crippen LogP contribution in [0.25, 0.3) is 11.1 Å². The Morgan fingerprint density at radius 2 is 1.74 bits per heavy atom. The van der Waals surface area contributed by atoms with E-state index in [-0.39, 0.29) is 19.1 Å². The minimum atomic E-state index is -1.04. The van der Waals surface area contributed by atoms with Gasteiger partial charge >= 0.3 is 12.1 Å². The molecule has 2 aromatic carbocycles. The molecule has 7 nitrogen and oxygen atoms in total. The Hall–Kier alpha value is -3.44. The molecule has 0 saturated carbocycles. The number of benzene rings is 2. The van der Waals surface area contributed by atoms with Crippen LogP contribution in [0.5, 0.6) is 0 Å². The number of amides is 2. The Morgan fingerprint density at radius 3 is 2.39 bits per heavy atom. The summed E-state index contributed by atoms with van der Waals surface area (Å²) >= 11 is 1.37. The number of carbonyl (C=O) groups is 3. The van der Waals surface area contributed by atoms with Gasteiger partial charge in [-0.3, -0.25) is 4.79 Å². The number of fused-ring (bicyclic) bond motifs is 3. The lowest BCUT2D eigenvalue weighted by Gasteiger charge is -2.16. The predicted molar refractivity (Wildman–Crippen MR) is 116 cm³/mol. The summed E-state index contributed by atoms with van der Waals surface area (Å²) < 4.78 is 5.40. The van der Waals surface area contributed by atoms with Crippen LogP contribution >= 0.6 is 11.8 Å². The maximum Gasteiger partial charge on any atom is 0.407 e. The molecule has 4 rings (SSSR count). The Balaban J connectivity index is 1.30. The molecule has 31 heavy (non-hydrogen) atoms. The number of hydrogen-bond donors (Lipinski definition) is 2. The quantitative estimate of drug-likeness (QED) is 0.715. The molecule has 8 heteroatoms. The average Bonchev–Trinajstić information content (AvgIpc) is 3.39. The van der Waals surface area contributed by atoms with E-state index < -0.39 is 24.0 Å². The number of carboxylic acids is 1. The molecule has 1 aliphatic heterocycles. The largest absolute Gasteiger partial charge is 0.480 e. The van der Waals surface area contributed by atoms with Gasteiger partial charge in [0.05, 0.1) is 12.4 Å². The Morgan fingerprint density at radius 1 is 1.10 bits per heavy atom. The molecule has 0 aromatic heterocycles. The van der Waals surface area contributed by atoms with Gasteiger partial charge < -0.3 is 20.1 Å². The van der Waals surface area contributed by atoms with Crippen LogP contribution in [0.2, 0.25) is 0 Å². The van der Waals surface area contributed by atoms with Crippen molar-refractivity contribution in [1.29, 1.82) is 0 Å². The minimum absolute atomic E-state index is 0.0357. The van der Waals surface area contributed by atoms with Crippen molar-refractivity contribution in [2.75, 3.05) is 24.8 Å². The van der Waals surface area contributed by atoms with E-state index in [1.165, 1.54) is 16.7 Å². The summed E-state index contributed by atoms with van der Waals surface area (Å²) in [6.07, 6.45) is -0.622. The molecule has 0 bridgehead atoms. The van der Waals surface area contributed by atoms with Gasteiger partial charge in [-0.25, -0.2) is 9.59 Å². The first-order chi connectivity index (χ1) is 15.1. The van der Waals surface area contributed by atoms with Gasteiger partial charge in [-0.2, -0.15) is 0 Å². The Bertz CT molecular complexity index is 1050. The van der Waals surface area contributed by atoms with Crippen molar-refractivity contribution in [3.63, 3.8) is 0 Å². The van der Waals surface area contributed by atoms with E-state index in [9.17, 15) is 14.4 Å². The number of rotatable bonds is 4. The van der Waals surface area contributed by atoms with E-state index in [4.69, 9.17) is 9.84 Å². The molecule has 2 amide bonds. The van der Waals surface area contributed by atoms with Crippen molar-refractivity contribution < 1.29 is 24.2 Å². The SMILES string of the molecule is O=C(NCC#CC(=O)N1CSCC1C(=O)O)OCC1c2ccccc2-c2ccccc21. The normalized spacial score (nSPS) is 16.6. The van der Waals surface area contributed by atoms with Crippen molar-refractivity contribution in [1.82, 2.24) is 10.2 Å². The zero-order valence-electron chi connectivity index (χ0n) is 16.5. The topological polar surface area (TPSA) is 95.9 Å². The van der Waals surface area contributed by atoms with Crippen LogP contribution in [0, 0.1) is 11.8 Å². The number of thioether (sulfide) groups is 1. The first-order valence-electron chi connectivity index (χ1n) is 9.75. The molecule has 1 atom stereocenters. The highest BCUT2D eigenvalue weighted by Crippen LogP contribution is 2.44. The number of hydrogen-bond acceptors (Lipinski definition) is 5. The predicted octanol–water partition coefficient (Wildman–Crippen LogP) is 2.51. The minimum Gasteiger partial charge on any atom is -0.480 e. The molecular weight excluding hydrogens is 416 g/mol. The first kappa shape index (κ1) is 20.8. The summed E-state index contributed by atoms with van der Waals surface area (Å²) in [6.45, 7) is 0.124. The van der Waals surface area contributed by atoms with Crippen molar-refractivity contribution in [3.8, 4) is 23.0 Å². The van der Waals surface area contributed by atoms with E-state index in [1.807, 2.05) is 36.4 Å². The van der Waals surface area contributed by atoms with Gasteiger partial charge in [0, 0.05) is 11.7 Å². The number of alkyl carbamates (subject to hydrolysis) is 1. The lowest BCUT2D eigenvalue weighted by atomic mass is 9.98. The zero-order valence-corrected chi connectivity index (χ0v) is 17.4. The smallest absolute Gasteiger partial charge is 0.407 e. The van der Waals surface area contributed by atoms with E-state index in [0.29, 0.717) is 11.6 Å². The van der Waals surface area contributed by atoms with Crippen molar-refractivity contribution in [3.05, 3.63) is 59.7 Å².